The molecule has 1 aromatic heterocycles. The summed E-state index contributed by atoms with van der Waals surface area (Å²) in [7, 11) is 0. The Morgan fingerprint density at radius 1 is 1.31 bits per heavy atom. The summed E-state index contributed by atoms with van der Waals surface area (Å²) in [6.45, 7) is 5.62. The molecule has 1 amide bonds. The van der Waals surface area contributed by atoms with Gasteiger partial charge in [0.2, 0.25) is 5.91 Å². The van der Waals surface area contributed by atoms with Crippen LogP contribution in [0.15, 0.2) is 23.0 Å². The fourth-order valence-corrected chi connectivity index (χ4v) is 3.36. The molecule has 158 valence electrons. The van der Waals surface area contributed by atoms with Gasteiger partial charge in [0.05, 0.1) is 17.0 Å². The quantitative estimate of drug-likeness (QED) is 0.767. The summed E-state index contributed by atoms with van der Waals surface area (Å²) in [5.74, 6) is -1.61. The fourth-order valence-electron chi connectivity index (χ4n) is 3.15. The van der Waals surface area contributed by atoms with Gasteiger partial charge in [0.15, 0.2) is 5.82 Å². The molecule has 1 heterocycles. The number of nitrogens with one attached hydrogen (secondary N) is 2. The topological polar surface area (TPSA) is 79.8 Å². The molecule has 0 bridgehead atoms. The minimum atomic E-state index is -4.37. The summed E-state index contributed by atoms with van der Waals surface area (Å²) in [6, 6.07) is 3.94. The first-order valence-corrected chi connectivity index (χ1v) is 9.58. The first-order chi connectivity index (χ1) is 13.4. The highest BCUT2D eigenvalue weighted by atomic mass is 35.5. The number of halogens is 4. The van der Waals surface area contributed by atoms with Gasteiger partial charge < -0.3 is 5.32 Å². The van der Waals surface area contributed by atoms with Crippen molar-refractivity contribution in [2.45, 2.75) is 52.4 Å². The fraction of sp³-hybridized carbons (Fsp3) is 0.526. The van der Waals surface area contributed by atoms with E-state index in [-0.39, 0.29) is 36.1 Å². The highest BCUT2D eigenvalue weighted by Gasteiger charge is 2.51. The van der Waals surface area contributed by atoms with Gasteiger partial charge >= 0.3 is 11.9 Å². The van der Waals surface area contributed by atoms with Crippen LogP contribution < -0.4 is 11.0 Å². The van der Waals surface area contributed by atoms with Crippen LogP contribution in [0.5, 0.6) is 0 Å². The van der Waals surface area contributed by atoms with Crippen molar-refractivity contribution in [3.8, 4) is 11.4 Å². The molecule has 1 fully saturated rings. The third kappa shape index (κ3) is 4.49. The van der Waals surface area contributed by atoms with Crippen molar-refractivity contribution in [3.63, 3.8) is 0 Å². The van der Waals surface area contributed by atoms with Crippen LogP contribution in [0.3, 0.4) is 0 Å². The molecule has 1 saturated carbocycles. The summed E-state index contributed by atoms with van der Waals surface area (Å²) < 4.78 is 40.0. The zero-order chi connectivity index (χ0) is 21.6. The Bertz CT molecular complexity index is 975. The standard InChI is InChI=1S/C19H22ClF3N4O2/c1-18(2,3)16(28)24-9-10-4-6-13(20)11(8-10)15-25-17(29)27(26-15)14-7-5-12(14)19(21,22)23/h4,6,8,12,14H,5,7,9H2,1-3H3,(H,24,28)(H,25,26,29)/t12?,14-/m0/s1. The molecule has 3 rings (SSSR count). The van der Waals surface area contributed by atoms with Crippen LogP contribution >= 0.6 is 11.6 Å². The van der Waals surface area contributed by atoms with Gasteiger partial charge in [-0.25, -0.2) is 9.48 Å². The third-order valence-corrected chi connectivity index (χ3v) is 5.36. The van der Waals surface area contributed by atoms with Crippen LogP contribution in [0.2, 0.25) is 5.02 Å². The molecule has 2 N–H and O–H groups in total. The zero-order valence-electron chi connectivity index (χ0n) is 16.2. The Morgan fingerprint density at radius 2 is 2.00 bits per heavy atom. The van der Waals surface area contributed by atoms with E-state index in [0.29, 0.717) is 11.1 Å². The molecule has 0 spiro atoms. The summed E-state index contributed by atoms with van der Waals surface area (Å²) in [6.07, 6.45) is -4.15. The van der Waals surface area contributed by atoms with E-state index in [1.165, 1.54) is 0 Å². The molecule has 0 radical (unpaired) electrons. The van der Waals surface area contributed by atoms with E-state index in [1.807, 2.05) is 0 Å². The Kier molecular flexibility index (Phi) is 5.55. The molecule has 2 aromatic rings. The van der Waals surface area contributed by atoms with Crippen molar-refractivity contribution in [3.05, 3.63) is 39.3 Å². The lowest BCUT2D eigenvalue weighted by molar-refractivity contribution is -0.210. The summed E-state index contributed by atoms with van der Waals surface area (Å²) in [4.78, 5) is 26.8. The molecule has 1 unspecified atom stereocenters. The number of benzene rings is 1. The van der Waals surface area contributed by atoms with Crippen LogP contribution in [0.1, 0.15) is 45.2 Å². The predicted molar refractivity (Wildman–Crippen MR) is 102 cm³/mol. The molecular weight excluding hydrogens is 409 g/mol. The molecule has 1 aromatic carbocycles. The Balaban J connectivity index is 1.84. The van der Waals surface area contributed by atoms with E-state index in [1.54, 1.807) is 39.0 Å². The monoisotopic (exact) mass is 430 g/mol. The molecule has 1 aliphatic carbocycles. The third-order valence-electron chi connectivity index (χ3n) is 5.03. The highest BCUT2D eigenvalue weighted by Crippen LogP contribution is 2.47. The number of aromatic amines is 1. The van der Waals surface area contributed by atoms with E-state index < -0.39 is 29.2 Å². The molecule has 1 aliphatic rings. The van der Waals surface area contributed by atoms with Gasteiger partial charge in [-0.3, -0.25) is 9.78 Å². The number of H-pyrrole nitrogens is 1. The second-order valence-corrected chi connectivity index (χ2v) is 8.67. The van der Waals surface area contributed by atoms with Crippen LogP contribution in [-0.4, -0.2) is 26.8 Å². The van der Waals surface area contributed by atoms with Crippen LogP contribution in [0, 0.1) is 11.3 Å². The summed E-state index contributed by atoms with van der Waals surface area (Å²) in [5.41, 5.74) is -0.152. The minimum Gasteiger partial charge on any atom is -0.352 e. The number of nitrogens with zero attached hydrogens (tertiary/aromatic N) is 2. The molecule has 2 atom stereocenters. The van der Waals surface area contributed by atoms with Gasteiger partial charge in [-0.15, -0.1) is 5.10 Å². The van der Waals surface area contributed by atoms with Gasteiger partial charge in [0.1, 0.15) is 0 Å². The number of alkyl halides is 3. The zero-order valence-corrected chi connectivity index (χ0v) is 17.0. The first kappa shape index (κ1) is 21.4. The lowest BCUT2D eigenvalue weighted by atomic mass is 9.79. The average molecular weight is 431 g/mol. The number of hydrogen-bond acceptors (Lipinski definition) is 3. The number of carbonyl (C=O) groups excluding carboxylic acids is 1. The van der Waals surface area contributed by atoms with Gasteiger partial charge in [-0.2, -0.15) is 13.2 Å². The van der Waals surface area contributed by atoms with E-state index in [2.05, 4.69) is 15.4 Å². The second kappa shape index (κ2) is 7.51. The van der Waals surface area contributed by atoms with Crippen LogP contribution in [0.4, 0.5) is 13.2 Å². The molecule has 10 heteroatoms. The van der Waals surface area contributed by atoms with Crippen molar-refractivity contribution >= 4 is 17.5 Å². The Labute approximate surface area is 170 Å². The van der Waals surface area contributed by atoms with Crippen molar-refractivity contribution in [2.75, 3.05) is 0 Å². The Hall–Kier alpha value is -2.29. The number of rotatable bonds is 4. The number of aromatic nitrogens is 3. The summed E-state index contributed by atoms with van der Waals surface area (Å²) >= 11 is 6.22. The largest absolute Gasteiger partial charge is 0.393 e. The lowest BCUT2D eigenvalue weighted by Gasteiger charge is -2.36. The number of hydrogen-bond donors (Lipinski definition) is 2. The second-order valence-electron chi connectivity index (χ2n) is 8.26. The molecule has 6 nitrogen and oxygen atoms in total. The first-order valence-electron chi connectivity index (χ1n) is 9.20. The SMILES string of the molecule is CC(C)(C)C(=O)NCc1ccc(Cl)c(-c2nn([C@H]3CCC3C(F)(F)F)c(=O)[nH]2)c1. The van der Waals surface area contributed by atoms with Crippen molar-refractivity contribution < 1.29 is 18.0 Å². The molecule has 29 heavy (non-hydrogen) atoms. The number of carbonyl (C=O) groups is 1. The highest BCUT2D eigenvalue weighted by molar-refractivity contribution is 6.33. The Morgan fingerprint density at radius 3 is 2.55 bits per heavy atom. The molecule has 0 aliphatic heterocycles. The van der Waals surface area contributed by atoms with E-state index in [0.717, 1.165) is 4.68 Å². The van der Waals surface area contributed by atoms with E-state index >= 15 is 0 Å². The average Bonchev–Trinajstić information content (AvgIpc) is 2.91. The van der Waals surface area contributed by atoms with E-state index in [4.69, 9.17) is 11.6 Å². The predicted octanol–water partition coefficient (Wildman–Crippen LogP) is 4.07. The maximum absolute atomic E-state index is 13.0. The smallest absolute Gasteiger partial charge is 0.352 e. The van der Waals surface area contributed by atoms with Gasteiger partial charge in [-0.1, -0.05) is 38.4 Å². The van der Waals surface area contributed by atoms with Crippen molar-refractivity contribution in [1.29, 1.82) is 0 Å². The van der Waals surface area contributed by atoms with Gasteiger partial charge in [0, 0.05) is 17.5 Å². The summed E-state index contributed by atoms with van der Waals surface area (Å²) in [5, 5.41) is 7.18. The maximum atomic E-state index is 13.0. The number of amides is 1. The van der Waals surface area contributed by atoms with Crippen LogP contribution in [0.25, 0.3) is 11.4 Å². The lowest BCUT2D eigenvalue weighted by Crippen LogP contribution is -2.43. The van der Waals surface area contributed by atoms with Gasteiger partial charge in [0.25, 0.3) is 0 Å². The van der Waals surface area contributed by atoms with Gasteiger partial charge in [-0.05, 0) is 30.5 Å². The van der Waals surface area contributed by atoms with Crippen molar-refractivity contribution in [2.24, 2.45) is 11.3 Å². The normalized spacial score (nSPS) is 19.7. The van der Waals surface area contributed by atoms with Crippen molar-refractivity contribution in [1.82, 2.24) is 20.1 Å². The molecular formula is C19H22ClF3N4O2. The van der Waals surface area contributed by atoms with E-state index in [9.17, 15) is 22.8 Å². The van der Waals surface area contributed by atoms with Crippen LogP contribution in [-0.2, 0) is 11.3 Å². The maximum Gasteiger partial charge on any atom is 0.393 e. The molecule has 0 saturated heterocycles. The minimum absolute atomic E-state index is 0.0213.